The lowest BCUT2D eigenvalue weighted by molar-refractivity contribution is -0.143. The molecule has 0 spiro atoms. The van der Waals surface area contributed by atoms with E-state index in [-0.39, 0.29) is 17.3 Å². The Bertz CT molecular complexity index is 931. The molecule has 1 N–H and O–H groups in total. The van der Waals surface area contributed by atoms with E-state index in [1.165, 1.54) is 5.57 Å². The van der Waals surface area contributed by atoms with Crippen LogP contribution in [0.25, 0.3) is 0 Å². The molecule has 4 aliphatic rings. The van der Waals surface area contributed by atoms with Crippen molar-refractivity contribution in [2.45, 2.75) is 72.1 Å². The lowest BCUT2D eigenvalue weighted by Crippen LogP contribution is -2.52. The van der Waals surface area contributed by atoms with Crippen molar-refractivity contribution < 1.29 is 27.3 Å². The first-order chi connectivity index (χ1) is 14.0. The Morgan fingerprint density at radius 3 is 2.53 bits per heavy atom. The van der Waals surface area contributed by atoms with Crippen LogP contribution in [0, 0.1) is 34.5 Å². The maximum Gasteiger partial charge on any atom is 0.329 e. The van der Waals surface area contributed by atoms with Crippen molar-refractivity contribution in [3.05, 3.63) is 23.5 Å². The summed E-state index contributed by atoms with van der Waals surface area (Å²) in [6.07, 6.45) is 10.3. The molecule has 6 atom stereocenters. The van der Waals surface area contributed by atoms with Crippen LogP contribution in [-0.2, 0) is 24.4 Å². The van der Waals surface area contributed by atoms with Gasteiger partial charge in [-0.3, -0.25) is 14.1 Å². The zero-order valence-electron chi connectivity index (χ0n) is 18.0. The fourth-order valence-electron chi connectivity index (χ4n) is 7.31. The Labute approximate surface area is 178 Å². The van der Waals surface area contributed by atoms with E-state index in [0.717, 1.165) is 44.3 Å². The molecule has 0 amide bonds. The highest BCUT2D eigenvalue weighted by molar-refractivity contribution is 8.01. The highest BCUT2D eigenvalue weighted by Crippen LogP contribution is 2.67. The molecule has 0 aliphatic heterocycles. The summed E-state index contributed by atoms with van der Waals surface area (Å²) in [4.78, 5) is 24.6. The molecule has 3 fully saturated rings. The second-order valence-corrected chi connectivity index (χ2v) is 11.3. The molecular formula is C23H32O6S. The predicted molar refractivity (Wildman–Crippen MR) is 112 cm³/mol. The van der Waals surface area contributed by atoms with Gasteiger partial charge in [-0.2, -0.15) is 8.42 Å². The number of fused-ring (bicyclic) bond motifs is 5. The monoisotopic (exact) mass is 436 g/mol. The molecule has 7 heteroatoms. The van der Waals surface area contributed by atoms with E-state index in [0.29, 0.717) is 24.7 Å². The molecule has 166 valence electrons. The molecule has 30 heavy (non-hydrogen) atoms. The van der Waals surface area contributed by atoms with E-state index in [2.05, 4.69) is 13.0 Å². The van der Waals surface area contributed by atoms with E-state index >= 15 is 0 Å². The summed E-state index contributed by atoms with van der Waals surface area (Å²) in [5, 5.41) is -1.01. The Balaban J connectivity index is 1.66. The second-order valence-electron chi connectivity index (χ2n) is 9.95. The molecule has 0 aromatic carbocycles. The number of rotatable bonds is 3. The van der Waals surface area contributed by atoms with Crippen LogP contribution in [0.5, 0.6) is 0 Å². The third-order valence-corrected chi connectivity index (χ3v) is 9.62. The van der Waals surface area contributed by atoms with E-state index in [1.807, 2.05) is 13.0 Å². The third kappa shape index (κ3) is 3.11. The van der Waals surface area contributed by atoms with Crippen molar-refractivity contribution in [3.63, 3.8) is 0 Å². The van der Waals surface area contributed by atoms with Crippen LogP contribution in [0.1, 0.15) is 72.1 Å². The molecular weight excluding hydrogens is 404 g/mol. The van der Waals surface area contributed by atoms with Crippen molar-refractivity contribution in [1.82, 2.24) is 0 Å². The second kappa shape index (κ2) is 7.30. The normalized spacial score (nSPS) is 40.4. The molecule has 4 aliphatic carbocycles. The molecule has 0 unspecified atom stereocenters. The Morgan fingerprint density at radius 1 is 1.13 bits per heavy atom. The summed E-state index contributed by atoms with van der Waals surface area (Å²) in [5.41, 5.74) is 0.611. The van der Waals surface area contributed by atoms with Crippen molar-refractivity contribution in [1.29, 1.82) is 0 Å². The van der Waals surface area contributed by atoms with Crippen molar-refractivity contribution in [2.75, 3.05) is 0 Å². The molecule has 6 nitrogen and oxygen atoms in total. The van der Waals surface area contributed by atoms with Gasteiger partial charge in [0.2, 0.25) is 0 Å². The minimum Gasteiger partial charge on any atom is -0.430 e. The van der Waals surface area contributed by atoms with Crippen molar-refractivity contribution in [3.8, 4) is 0 Å². The summed E-state index contributed by atoms with van der Waals surface area (Å²) in [5.74, 6) is 0.788. The van der Waals surface area contributed by atoms with Gasteiger partial charge in [0, 0.05) is 17.8 Å². The fourth-order valence-corrected chi connectivity index (χ4v) is 8.06. The van der Waals surface area contributed by atoms with Crippen molar-refractivity contribution in [2.24, 2.45) is 34.5 Å². The SMILES string of the molecule is CCC(=O)OC1=CCC=C2CC[C@@H]3[C@H](CC[C@]4(C)[C@@H](C(=O)S(=O)(=O)O)CC[C@@H]34)[C@]21C. The minimum absolute atomic E-state index is 0.217. The van der Waals surface area contributed by atoms with Gasteiger partial charge in [-0.25, -0.2) is 0 Å². The highest BCUT2D eigenvalue weighted by Gasteiger charge is 2.62. The largest absolute Gasteiger partial charge is 0.430 e. The summed E-state index contributed by atoms with van der Waals surface area (Å²) in [6, 6.07) is 0. The van der Waals surface area contributed by atoms with Crippen LogP contribution >= 0.6 is 0 Å². The highest BCUT2D eigenvalue weighted by atomic mass is 32.2. The lowest BCUT2D eigenvalue weighted by Gasteiger charge is -2.57. The van der Waals surface area contributed by atoms with Gasteiger partial charge in [-0.05, 0) is 81.1 Å². The average molecular weight is 437 g/mol. The first-order valence-corrected chi connectivity index (χ1v) is 12.6. The number of hydrogen-bond donors (Lipinski definition) is 1. The zero-order valence-corrected chi connectivity index (χ0v) is 18.8. The van der Waals surface area contributed by atoms with Gasteiger partial charge >= 0.3 is 16.1 Å². The number of carbonyl (C=O) groups excluding carboxylic acids is 2. The van der Waals surface area contributed by atoms with E-state index in [9.17, 15) is 22.6 Å². The summed E-state index contributed by atoms with van der Waals surface area (Å²) in [7, 11) is -4.68. The van der Waals surface area contributed by atoms with Crippen LogP contribution in [0.2, 0.25) is 0 Å². The summed E-state index contributed by atoms with van der Waals surface area (Å²) < 4.78 is 38.3. The van der Waals surface area contributed by atoms with E-state index in [1.54, 1.807) is 6.92 Å². The van der Waals surface area contributed by atoms with Gasteiger partial charge in [0.1, 0.15) is 5.76 Å². The molecule has 0 aromatic heterocycles. The molecule has 0 saturated heterocycles. The van der Waals surface area contributed by atoms with Crippen LogP contribution < -0.4 is 0 Å². The zero-order chi connectivity index (χ0) is 21.9. The number of ether oxygens (including phenoxy) is 1. The number of esters is 1. The first kappa shape index (κ1) is 21.8. The first-order valence-electron chi connectivity index (χ1n) is 11.2. The third-order valence-electron chi connectivity index (χ3n) is 8.82. The fraction of sp³-hybridized carbons (Fsp3) is 0.739. The van der Waals surface area contributed by atoms with Crippen LogP contribution in [0.3, 0.4) is 0 Å². The van der Waals surface area contributed by atoms with E-state index in [4.69, 9.17) is 4.74 Å². The maximum absolute atomic E-state index is 12.5. The lowest BCUT2D eigenvalue weighted by atomic mass is 9.47. The Hall–Kier alpha value is -1.47. The summed E-state index contributed by atoms with van der Waals surface area (Å²) in [6.45, 7) is 6.03. The van der Waals surface area contributed by atoms with Gasteiger partial charge < -0.3 is 4.74 Å². The van der Waals surface area contributed by atoms with Crippen molar-refractivity contribution >= 4 is 21.2 Å². The number of carbonyl (C=O) groups is 2. The molecule has 0 heterocycles. The molecule has 4 rings (SSSR count). The summed E-state index contributed by atoms with van der Waals surface area (Å²) >= 11 is 0. The predicted octanol–water partition coefficient (Wildman–Crippen LogP) is 4.43. The standard InChI is InChI=1S/C23H32O6S/c1-4-20(24)29-19-7-5-6-14-8-9-15-16-10-11-18(21(25)30(26,27)28)22(16,2)13-12-17(15)23(14,19)3/h6-7,15-18H,4-5,8-13H2,1-3H3,(H,26,27,28)/t15-,16-,17-,18+,22-,23-/m0/s1. The van der Waals surface area contributed by atoms with Gasteiger partial charge in [0.25, 0.3) is 5.12 Å². The van der Waals surface area contributed by atoms with Gasteiger partial charge in [0.15, 0.2) is 0 Å². The quantitative estimate of drug-likeness (QED) is 0.399. The topological polar surface area (TPSA) is 97.7 Å². The van der Waals surface area contributed by atoms with Gasteiger partial charge in [-0.15, -0.1) is 0 Å². The molecule has 0 radical (unpaired) electrons. The van der Waals surface area contributed by atoms with Crippen LogP contribution in [-0.4, -0.2) is 24.1 Å². The average Bonchev–Trinajstić information content (AvgIpc) is 3.04. The Morgan fingerprint density at radius 2 is 1.87 bits per heavy atom. The van der Waals surface area contributed by atoms with Crippen LogP contribution in [0.4, 0.5) is 0 Å². The smallest absolute Gasteiger partial charge is 0.329 e. The van der Waals surface area contributed by atoms with Gasteiger partial charge in [0.05, 0.1) is 0 Å². The number of hydrogen-bond acceptors (Lipinski definition) is 5. The Kier molecular flexibility index (Phi) is 5.29. The minimum atomic E-state index is -4.68. The van der Waals surface area contributed by atoms with Crippen LogP contribution in [0.15, 0.2) is 23.5 Å². The van der Waals surface area contributed by atoms with Gasteiger partial charge in [-0.1, -0.05) is 25.5 Å². The number of allylic oxidation sites excluding steroid dienone is 3. The maximum atomic E-state index is 12.5. The molecule has 0 aromatic rings. The molecule has 3 saturated carbocycles. The molecule has 0 bridgehead atoms. The van der Waals surface area contributed by atoms with E-state index < -0.39 is 26.6 Å².